The van der Waals surface area contributed by atoms with Gasteiger partial charge in [0.15, 0.2) is 0 Å². The summed E-state index contributed by atoms with van der Waals surface area (Å²) >= 11 is 1.82. The van der Waals surface area contributed by atoms with Gasteiger partial charge in [-0.2, -0.15) is 11.8 Å². The lowest BCUT2D eigenvalue weighted by Gasteiger charge is -2.33. The van der Waals surface area contributed by atoms with E-state index in [1.165, 1.54) is 0 Å². The van der Waals surface area contributed by atoms with Gasteiger partial charge >= 0.3 is 5.97 Å². The molecule has 1 aliphatic rings. The van der Waals surface area contributed by atoms with Crippen molar-refractivity contribution in [2.24, 2.45) is 7.05 Å². The average molecular weight is 256 g/mol. The van der Waals surface area contributed by atoms with Crippen LogP contribution in [-0.4, -0.2) is 54.8 Å². The molecule has 0 bridgehead atoms. The SMILES string of the molecule is Cn1cnnc1CN1CCSCC1CC(=O)O. The first-order valence-electron chi connectivity index (χ1n) is 5.53. The molecule has 1 atom stereocenters. The van der Waals surface area contributed by atoms with Gasteiger partial charge in [-0.3, -0.25) is 9.69 Å². The molecule has 0 amide bonds. The molecule has 6 nitrogen and oxygen atoms in total. The number of hydrogen-bond acceptors (Lipinski definition) is 5. The Morgan fingerprint density at radius 3 is 3.18 bits per heavy atom. The maximum absolute atomic E-state index is 10.8. The monoisotopic (exact) mass is 256 g/mol. The molecule has 1 aromatic heterocycles. The van der Waals surface area contributed by atoms with Crippen molar-refractivity contribution in [3.63, 3.8) is 0 Å². The highest BCUT2D eigenvalue weighted by atomic mass is 32.2. The number of aliphatic carboxylic acids is 1. The second-order valence-electron chi connectivity index (χ2n) is 4.16. The quantitative estimate of drug-likeness (QED) is 0.830. The number of aromatic nitrogens is 3. The molecule has 0 saturated carbocycles. The summed E-state index contributed by atoms with van der Waals surface area (Å²) in [5.74, 6) is 2.07. The van der Waals surface area contributed by atoms with Crippen LogP contribution in [0.3, 0.4) is 0 Å². The summed E-state index contributed by atoms with van der Waals surface area (Å²) < 4.78 is 1.87. The molecule has 2 heterocycles. The van der Waals surface area contributed by atoms with Gasteiger partial charge < -0.3 is 9.67 Å². The highest BCUT2D eigenvalue weighted by Gasteiger charge is 2.25. The van der Waals surface area contributed by atoms with Crippen LogP contribution in [0.4, 0.5) is 0 Å². The number of thioether (sulfide) groups is 1. The Balaban J connectivity index is 2.01. The summed E-state index contributed by atoms with van der Waals surface area (Å²) in [5.41, 5.74) is 0. The van der Waals surface area contributed by atoms with Crippen molar-refractivity contribution >= 4 is 17.7 Å². The van der Waals surface area contributed by atoms with E-state index >= 15 is 0 Å². The van der Waals surface area contributed by atoms with E-state index in [-0.39, 0.29) is 12.5 Å². The lowest BCUT2D eigenvalue weighted by atomic mass is 10.2. The molecule has 1 saturated heterocycles. The van der Waals surface area contributed by atoms with Crippen molar-refractivity contribution in [1.29, 1.82) is 0 Å². The summed E-state index contributed by atoms with van der Waals surface area (Å²) in [5, 5.41) is 16.8. The van der Waals surface area contributed by atoms with Crippen LogP contribution in [0, 0.1) is 0 Å². The Hall–Kier alpha value is -1.08. The predicted octanol–water partition coefficient (Wildman–Crippen LogP) is 0.207. The smallest absolute Gasteiger partial charge is 0.304 e. The minimum atomic E-state index is -0.736. The third-order valence-corrected chi connectivity index (χ3v) is 4.00. The van der Waals surface area contributed by atoms with E-state index in [0.717, 1.165) is 23.9 Å². The first-order chi connectivity index (χ1) is 8.16. The lowest BCUT2D eigenvalue weighted by molar-refractivity contribution is -0.138. The largest absolute Gasteiger partial charge is 0.481 e. The maximum Gasteiger partial charge on any atom is 0.304 e. The minimum absolute atomic E-state index is 0.1000. The van der Waals surface area contributed by atoms with Crippen LogP contribution >= 0.6 is 11.8 Å². The maximum atomic E-state index is 10.8. The predicted molar refractivity (Wildman–Crippen MR) is 64.8 cm³/mol. The van der Waals surface area contributed by atoms with E-state index in [4.69, 9.17) is 5.11 Å². The van der Waals surface area contributed by atoms with Crippen LogP contribution in [0.1, 0.15) is 12.2 Å². The van der Waals surface area contributed by atoms with Crippen LogP contribution in [0.2, 0.25) is 0 Å². The second-order valence-corrected chi connectivity index (χ2v) is 5.30. The number of carbonyl (C=O) groups is 1. The van der Waals surface area contributed by atoms with Crippen LogP contribution in [0.15, 0.2) is 6.33 Å². The van der Waals surface area contributed by atoms with Crippen LogP contribution in [-0.2, 0) is 18.4 Å². The van der Waals surface area contributed by atoms with Crippen molar-refractivity contribution < 1.29 is 9.90 Å². The zero-order valence-electron chi connectivity index (χ0n) is 9.74. The van der Waals surface area contributed by atoms with E-state index in [9.17, 15) is 4.79 Å². The standard InChI is InChI=1S/C10H16N4O2S/c1-13-7-11-12-9(13)5-14-2-3-17-6-8(14)4-10(15)16/h7-8H,2-6H2,1H3,(H,15,16). The Kier molecular flexibility index (Phi) is 4.01. The Morgan fingerprint density at radius 2 is 2.53 bits per heavy atom. The summed E-state index contributed by atoms with van der Waals surface area (Å²) in [4.78, 5) is 13.0. The van der Waals surface area contributed by atoms with Gasteiger partial charge in [-0.15, -0.1) is 10.2 Å². The van der Waals surface area contributed by atoms with Gasteiger partial charge in [0.25, 0.3) is 0 Å². The van der Waals surface area contributed by atoms with Crippen LogP contribution in [0.5, 0.6) is 0 Å². The molecule has 1 aliphatic heterocycles. The molecule has 1 fully saturated rings. The molecule has 7 heteroatoms. The molecular formula is C10H16N4O2S. The normalized spacial score (nSPS) is 21.6. The van der Waals surface area contributed by atoms with E-state index in [0.29, 0.717) is 6.54 Å². The van der Waals surface area contributed by atoms with E-state index in [1.807, 2.05) is 23.4 Å². The first kappa shape index (κ1) is 12.4. The fourth-order valence-corrected chi connectivity index (χ4v) is 3.05. The van der Waals surface area contributed by atoms with Crippen molar-refractivity contribution in [1.82, 2.24) is 19.7 Å². The van der Waals surface area contributed by atoms with Crippen LogP contribution < -0.4 is 0 Å². The topological polar surface area (TPSA) is 71.2 Å². The minimum Gasteiger partial charge on any atom is -0.481 e. The number of carboxylic acids is 1. The molecule has 0 spiro atoms. The van der Waals surface area contributed by atoms with Gasteiger partial charge in [-0.25, -0.2) is 0 Å². The van der Waals surface area contributed by atoms with Crippen LogP contribution in [0.25, 0.3) is 0 Å². The zero-order valence-corrected chi connectivity index (χ0v) is 10.6. The summed E-state index contributed by atoms with van der Waals surface area (Å²) in [7, 11) is 1.90. The van der Waals surface area contributed by atoms with Crippen molar-refractivity contribution in [3.8, 4) is 0 Å². The molecule has 1 N–H and O–H groups in total. The van der Waals surface area contributed by atoms with E-state index in [2.05, 4.69) is 15.1 Å². The lowest BCUT2D eigenvalue weighted by Crippen LogP contribution is -2.43. The molecular weight excluding hydrogens is 240 g/mol. The third-order valence-electron chi connectivity index (χ3n) is 2.91. The fourth-order valence-electron chi connectivity index (χ4n) is 1.92. The zero-order chi connectivity index (χ0) is 12.3. The Bertz CT molecular complexity index is 395. The molecule has 1 aromatic rings. The average Bonchev–Trinajstić information content (AvgIpc) is 2.67. The number of rotatable bonds is 4. The number of nitrogens with zero attached hydrogens (tertiary/aromatic N) is 4. The summed E-state index contributed by atoms with van der Waals surface area (Å²) in [6, 6.07) is 0.1000. The first-order valence-corrected chi connectivity index (χ1v) is 6.68. The number of aryl methyl sites for hydroxylation is 1. The fraction of sp³-hybridized carbons (Fsp3) is 0.700. The second kappa shape index (κ2) is 5.50. The van der Waals surface area contributed by atoms with Gasteiger partial charge in [0.1, 0.15) is 12.2 Å². The molecule has 1 unspecified atom stereocenters. The van der Waals surface area contributed by atoms with Crippen molar-refractivity contribution in [3.05, 3.63) is 12.2 Å². The van der Waals surface area contributed by atoms with Crippen molar-refractivity contribution in [2.75, 3.05) is 18.1 Å². The molecule has 0 radical (unpaired) electrons. The van der Waals surface area contributed by atoms with Crippen molar-refractivity contribution in [2.45, 2.75) is 19.0 Å². The summed E-state index contributed by atoms with van der Waals surface area (Å²) in [6.45, 7) is 1.59. The van der Waals surface area contributed by atoms with Gasteiger partial charge in [0.05, 0.1) is 13.0 Å². The number of carboxylic acid groups (broad SMARTS) is 1. The van der Waals surface area contributed by atoms with Gasteiger partial charge in [0.2, 0.25) is 0 Å². The van der Waals surface area contributed by atoms with Gasteiger partial charge in [0, 0.05) is 31.1 Å². The molecule has 94 valence electrons. The highest BCUT2D eigenvalue weighted by molar-refractivity contribution is 7.99. The third kappa shape index (κ3) is 3.19. The van der Waals surface area contributed by atoms with E-state index in [1.54, 1.807) is 6.33 Å². The molecule has 0 aromatic carbocycles. The highest BCUT2D eigenvalue weighted by Crippen LogP contribution is 2.20. The summed E-state index contributed by atoms with van der Waals surface area (Å²) in [6.07, 6.45) is 1.87. The molecule has 2 rings (SSSR count). The number of hydrogen-bond donors (Lipinski definition) is 1. The van der Waals surface area contributed by atoms with E-state index < -0.39 is 5.97 Å². The molecule has 17 heavy (non-hydrogen) atoms. The Labute approximate surface area is 104 Å². The molecule has 0 aliphatic carbocycles. The van der Waals surface area contributed by atoms with Gasteiger partial charge in [-0.05, 0) is 0 Å². The Morgan fingerprint density at radius 1 is 1.71 bits per heavy atom. The van der Waals surface area contributed by atoms with Gasteiger partial charge in [-0.1, -0.05) is 0 Å².